The molecule has 1 aromatic carbocycles. The molecule has 1 N–H and O–H groups in total. The Morgan fingerprint density at radius 2 is 2.13 bits per heavy atom. The molecule has 0 atom stereocenters. The third-order valence-electron chi connectivity index (χ3n) is 2.13. The standard InChI is InChI=1S/C11H8BrNO2/c1-6-4-7-2-3-8(12)5-9(7)10(13-6)11(14)15/h2-5H,1H3,(H,14,15). The number of fused-ring (bicyclic) bond motifs is 1. The number of rotatable bonds is 1. The van der Waals surface area contributed by atoms with Crippen LogP contribution in [-0.2, 0) is 0 Å². The van der Waals surface area contributed by atoms with Gasteiger partial charge in [-0.3, -0.25) is 0 Å². The van der Waals surface area contributed by atoms with Gasteiger partial charge in [-0.2, -0.15) is 0 Å². The minimum absolute atomic E-state index is 0.103. The molecular formula is C11H8BrNO2. The summed E-state index contributed by atoms with van der Waals surface area (Å²) < 4.78 is 0.850. The Balaban J connectivity index is 2.87. The third-order valence-corrected chi connectivity index (χ3v) is 2.62. The summed E-state index contributed by atoms with van der Waals surface area (Å²) in [5.74, 6) is -0.998. The van der Waals surface area contributed by atoms with Gasteiger partial charge in [0.1, 0.15) is 0 Å². The van der Waals surface area contributed by atoms with Crippen molar-refractivity contribution in [2.45, 2.75) is 6.92 Å². The number of halogens is 1. The van der Waals surface area contributed by atoms with Crippen LogP contribution in [0.5, 0.6) is 0 Å². The topological polar surface area (TPSA) is 50.2 Å². The summed E-state index contributed by atoms with van der Waals surface area (Å²) in [4.78, 5) is 15.0. The van der Waals surface area contributed by atoms with Gasteiger partial charge in [0, 0.05) is 15.6 Å². The van der Waals surface area contributed by atoms with Gasteiger partial charge in [-0.25, -0.2) is 9.78 Å². The SMILES string of the molecule is Cc1cc2ccc(Br)cc2c(C(=O)O)n1. The summed E-state index contributed by atoms with van der Waals surface area (Å²) in [5, 5.41) is 10.6. The molecule has 0 saturated carbocycles. The highest BCUT2D eigenvalue weighted by Crippen LogP contribution is 2.22. The first-order chi connectivity index (χ1) is 7.08. The number of benzene rings is 1. The highest BCUT2D eigenvalue weighted by Gasteiger charge is 2.11. The van der Waals surface area contributed by atoms with Crippen molar-refractivity contribution in [1.29, 1.82) is 0 Å². The fourth-order valence-electron chi connectivity index (χ4n) is 1.52. The van der Waals surface area contributed by atoms with Crippen LogP contribution in [0.15, 0.2) is 28.7 Å². The van der Waals surface area contributed by atoms with Crippen LogP contribution in [0.25, 0.3) is 10.8 Å². The first-order valence-corrected chi connectivity index (χ1v) is 5.17. The van der Waals surface area contributed by atoms with E-state index in [-0.39, 0.29) is 5.69 Å². The Hall–Kier alpha value is -1.42. The van der Waals surface area contributed by atoms with E-state index >= 15 is 0 Å². The molecule has 0 spiro atoms. The average Bonchev–Trinajstić information content (AvgIpc) is 2.17. The van der Waals surface area contributed by atoms with E-state index in [1.165, 1.54) is 0 Å². The quantitative estimate of drug-likeness (QED) is 0.863. The molecule has 0 unspecified atom stereocenters. The number of hydrogen-bond donors (Lipinski definition) is 1. The second kappa shape index (κ2) is 3.62. The lowest BCUT2D eigenvalue weighted by atomic mass is 10.1. The van der Waals surface area contributed by atoms with Gasteiger partial charge < -0.3 is 5.11 Å². The van der Waals surface area contributed by atoms with Gasteiger partial charge in [-0.15, -0.1) is 0 Å². The molecule has 76 valence electrons. The van der Waals surface area contributed by atoms with E-state index in [0.29, 0.717) is 11.1 Å². The lowest BCUT2D eigenvalue weighted by Gasteiger charge is -2.04. The largest absolute Gasteiger partial charge is 0.476 e. The van der Waals surface area contributed by atoms with E-state index in [1.807, 2.05) is 18.2 Å². The minimum Gasteiger partial charge on any atom is -0.476 e. The molecule has 3 nitrogen and oxygen atoms in total. The summed E-state index contributed by atoms with van der Waals surface area (Å²) >= 11 is 3.31. The second-order valence-corrected chi connectivity index (χ2v) is 4.20. The molecule has 0 amide bonds. The van der Waals surface area contributed by atoms with Gasteiger partial charge in [0.2, 0.25) is 0 Å². The third kappa shape index (κ3) is 1.85. The number of aromatic nitrogens is 1. The summed E-state index contributed by atoms with van der Waals surface area (Å²) in [7, 11) is 0. The van der Waals surface area contributed by atoms with Gasteiger partial charge in [-0.05, 0) is 30.5 Å². The van der Waals surface area contributed by atoms with Crippen molar-refractivity contribution in [2.24, 2.45) is 0 Å². The molecule has 0 aliphatic rings. The van der Waals surface area contributed by atoms with Gasteiger partial charge in [0.25, 0.3) is 0 Å². The number of carbonyl (C=O) groups is 1. The molecule has 0 fully saturated rings. The average molecular weight is 266 g/mol. The molecule has 1 heterocycles. The lowest BCUT2D eigenvalue weighted by Crippen LogP contribution is -2.02. The number of aromatic carboxylic acids is 1. The highest BCUT2D eigenvalue weighted by molar-refractivity contribution is 9.10. The molecular weight excluding hydrogens is 258 g/mol. The van der Waals surface area contributed by atoms with Gasteiger partial charge in [-0.1, -0.05) is 22.0 Å². The Kier molecular flexibility index (Phi) is 2.44. The van der Waals surface area contributed by atoms with Crippen LogP contribution in [0.4, 0.5) is 0 Å². The van der Waals surface area contributed by atoms with Crippen LogP contribution in [0.2, 0.25) is 0 Å². The maximum atomic E-state index is 11.0. The number of hydrogen-bond acceptors (Lipinski definition) is 2. The minimum atomic E-state index is -0.998. The zero-order valence-corrected chi connectivity index (χ0v) is 9.58. The molecule has 2 rings (SSSR count). The second-order valence-electron chi connectivity index (χ2n) is 3.28. The summed E-state index contributed by atoms with van der Waals surface area (Å²) in [5.41, 5.74) is 0.813. The number of aryl methyl sites for hydroxylation is 1. The first kappa shape index (κ1) is 10.1. The van der Waals surface area contributed by atoms with Crippen molar-refractivity contribution in [1.82, 2.24) is 4.98 Å². The number of carboxylic acid groups (broad SMARTS) is 1. The van der Waals surface area contributed by atoms with E-state index in [9.17, 15) is 4.79 Å². The van der Waals surface area contributed by atoms with Crippen LogP contribution in [0.1, 0.15) is 16.2 Å². The van der Waals surface area contributed by atoms with E-state index in [0.717, 1.165) is 9.86 Å². The fourth-order valence-corrected chi connectivity index (χ4v) is 1.88. The van der Waals surface area contributed by atoms with Crippen LogP contribution in [-0.4, -0.2) is 16.1 Å². The van der Waals surface area contributed by atoms with Gasteiger partial charge in [0.15, 0.2) is 5.69 Å². The van der Waals surface area contributed by atoms with Gasteiger partial charge in [0.05, 0.1) is 0 Å². The first-order valence-electron chi connectivity index (χ1n) is 4.38. The highest BCUT2D eigenvalue weighted by atomic mass is 79.9. The summed E-state index contributed by atoms with van der Waals surface area (Å²) in [6, 6.07) is 7.40. The molecule has 2 aromatic rings. The Labute approximate surface area is 94.9 Å². The molecule has 4 heteroatoms. The van der Waals surface area contributed by atoms with Crippen molar-refractivity contribution < 1.29 is 9.90 Å². The number of nitrogens with zero attached hydrogens (tertiary/aromatic N) is 1. The van der Waals surface area contributed by atoms with Crippen molar-refractivity contribution in [3.8, 4) is 0 Å². The predicted molar refractivity (Wildman–Crippen MR) is 61.1 cm³/mol. The van der Waals surface area contributed by atoms with E-state index < -0.39 is 5.97 Å². The Bertz CT molecular complexity index is 552. The van der Waals surface area contributed by atoms with Gasteiger partial charge >= 0.3 is 5.97 Å². The van der Waals surface area contributed by atoms with Crippen LogP contribution in [0.3, 0.4) is 0 Å². The Morgan fingerprint density at radius 1 is 1.40 bits per heavy atom. The van der Waals surface area contributed by atoms with Crippen molar-refractivity contribution >= 4 is 32.7 Å². The van der Waals surface area contributed by atoms with Crippen molar-refractivity contribution in [2.75, 3.05) is 0 Å². The van der Waals surface area contributed by atoms with Crippen molar-refractivity contribution in [3.63, 3.8) is 0 Å². The summed E-state index contributed by atoms with van der Waals surface area (Å²) in [6.07, 6.45) is 0. The molecule has 15 heavy (non-hydrogen) atoms. The van der Waals surface area contributed by atoms with E-state index in [1.54, 1.807) is 13.0 Å². The molecule has 0 aliphatic carbocycles. The molecule has 0 saturated heterocycles. The monoisotopic (exact) mass is 265 g/mol. The number of carboxylic acids is 1. The maximum Gasteiger partial charge on any atom is 0.355 e. The zero-order valence-electron chi connectivity index (χ0n) is 7.99. The van der Waals surface area contributed by atoms with Crippen LogP contribution < -0.4 is 0 Å². The van der Waals surface area contributed by atoms with Crippen molar-refractivity contribution in [3.05, 3.63) is 40.1 Å². The lowest BCUT2D eigenvalue weighted by molar-refractivity contribution is 0.0692. The smallest absolute Gasteiger partial charge is 0.355 e. The Morgan fingerprint density at radius 3 is 2.80 bits per heavy atom. The zero-order chi connectivity index (χ0) is 11.0. The summed E-state index contributed by atoms with van der Waals surface area (Å²) in [6.45, 7) is 1.79. The van der Waals surface area contributed by atoms with Crippen LogP contribution >= 0.6 is 15.9 Å². The van der Waals surface area contributed by atoms with Crippen LogP contribution in [0, 0.1) is 6.92 Å². The maximum absolute atomic E-state index is 11.0. The predicted octanol–water partition coefficient (Wildman–Crippen LogP) is 3.00. The number of pyridine rings is 1. The normalized spacial score (nSPS) is 10.5. The van der Waals surface area contributed by atoms with E-state index in [4.69, 9.17) is 5.11 Å². The molecule has 0 bridgehead atoms. The molecule has 0 radical (unpaired) electrons. The van der Waals surface area contributed by atoms with E-state index in [2.05, 4.69) is 20.9 Å². The fraction of sp³-hybridized carbons (Fsp3) is 0.0909. The molecule has 0 aliphatic heterocycles. The molecule has 1 aromatic heterocycles.